The average molecular weight is 580 g/mol. The van der Waals surface area contributed by atoms with Crippen LogP contribution in [-0.4, -0.2) is 55.9 Å². The van der Waals surface area contributed by atoms with Gasteiger partial charge in [0, 0.05) is 0 Å². The Morgan fingerprint density at radius 1 is 0.750 bits per heavy atom. The van der Waals surface area contributed by atoms with Crippen LogP contribution < -0.4 is 5.32 Å². The molecule has 2 rings (SSSR count). The summed E-state index contributed by atoms with van der Waals surface area (Å²) in [5.41, 5.74) is -2.67. The van der Waals surface area contributed by atoms with E-state index < -0.39 is 63.5 Å². The molecule has 0 heterocycles. The van der Waals surface area contributed by atoms with Gasteiger partial charge in [-0.15, -0.1) is 0 Å². The molecular formula is C29H41NO9S. The molecule has 0 aromatic heterocycles. The topological polar surface area (TPSA) is 134 Å². The van der Waals surface area contributed by atoms with Crippen molar-refractivity contribution in [2.45, 2.75) is 96.5 Å². The van der Waals surface area contributed by atoms with E-state index in [1.807, 2.05) is 12.1 Å². The molecule has 2 aromatic rings. The van der Waals surface area contributed by atoms with Gasteiger partial charge in [0.2, 0.25) is 0 Å². The zero-order valence-corrected chi connectivity index (χ0v) is 25.5. The van der Waals surface area contributed by atoms with E-state index in [-0.39, 0.29) is 11.3 Å². The summed E-state index contributed by atoms with van der Waals surface area (Å²) in [6, 6.07) is 10.4. The number of hydrogen-bond acceptors (Lipinski definition) is 9. The minimum atomic E-state index is -4.29. The zero-order valence-electron chi connectivity index (χ0n) is 24.7. The minimum absolute atomic E-state index is 0.0929. The van der Waals surface area contributed by atoms with Gasteiger partial charge in [0.1, 0.15) is 22.8 Å². The van der Waals surface area contributed by atoms with Gasteiger partial charge in [-0.3, -0.25) is 8.98 Å². The summed E-state index contributed by atoms with van der Waals surface area (Å²) in [6.45, 7) is 14.2. The zero-order chi connectivity index (χ0) is 30.5. The number of hydrogen-bond donors (Lipinski definition) is 1. The van der Waals surface area contributed by atoms with E-state index in [9.17, 15) is 22.8 Å². The first kappa shape index (κ1) is 33.0. The number of rotatable bonds is 9. The van der Waals surface area contributed by atoms with E-state index >= 15 is 0 Å². The van der Waals surface area contributed by atoms with Crippen molar-refractivity contribution in [1.29, 1.82) is 0 Å². The predicted molar refractivity (Wildman–Crippen MR) is 150 cm³/mol. The highest BCUT2D eigenvalue weighted by molar-refractivity contribution is 7.86. The molecular weight excluding hydrogens is 538 g/mol. The number of esters is 2. The Bertz CT molecular complexity index is 1320. The van der Waals surface area contributed by atoms with Crippen molar-refractivity contribution in [2.24, 2.45) is 5.92 Å². The van der Waals surface area contributed by atoms with Gasteiger partial charge in [-0.2, -0.15) is 8.42 Å². The lowest BCUT2D eigenvalue weighted by molar-refractivity contribution is -0.163. The summed E-state index contributed by atoms with van der Waals surface area (Å²) in [6.07, 6.45) is -1.27. The quantitative estimate of drug-likeness (QED) is 0.244. The summed E-state index contributed by atoms with van der Waals surface area (Å²) in [5.74, 6) is -2.90. The molecule has 222 valence electrons. The Balaban J connectivity index is 2.35. The second kappa shape index (κ2) is 12.6. The van der Waals surface area contributed by atoms with Crippen LogP contribution in [0, 0.1) is 5.92 Å². The van der Waals surface area contributed by atoms with E-state index in [2.05, 4.69) is 5.32 Å². The van der Waals surface area contributed by atoms with Crippen molar-refractivity contribution in [1.82, 2.24) is 5.32 Å². The monoisotopic (exact) mass is 579 g/mol. The van der Waals surface area contributed by atoms with Crippen molar-refractivity contribution in [3.63, 3.8) is 0 Å². The maximum atomic E-state index is 13.2. The van der Waals surface area contributed by atoms with Gasteiger partial charge in [-0.1, -0.05) is 30.3 Å². The number of benzene rings is 2. The van der Waals surface area contributed by atoms with Gasteiger partial charge in [0.15, 0.2) is 0 Å². The maximum absolute atomic E-state index is 13.2. The lowest BCUT2D eigenvalue weighted by Gasteiger charge is -2.29. The first-order chi connectivity index (χ1) is 18.2. The van der Waals surface area contributed by atoms with Crippen LogP contribution in [0.4, 0.5) is 4.79 Å². The third-order valence-electron chi connectivity index (χ3n) is 5.08. The fourth-order valence-corrected chi connectivity index (χ4v) is 4.49. The van der Waals surface area contributed by atoms with Crippen molar-refractivity contribution >= 4 is 38.9 Å². The molecule has 2 atom stereocenters. The van der Waals surface area contributed by atoms with Gasteiger partial charge in [-0.25, -0.2) is 9.59 Å². The molecule has 0 unspecified atom stereocenters. The van der Waals surface area contributed by atoms with Gasteiger partial charge in [0.05, 0.1) is 17.4 Å². The van der Waals surface area contributed by atoms with Crippen LogP contribution in [-0.2, 0) is 38.1 Å². The van der Waals surface area contributed by atoms with Crippen molar-refractivity contribution in [2.75, 3.05) is 6.61 Å². The number of carbonyl (C=O) groups excluding carboxylic acids is 3. The molecule has 1 amide bonds. The molecule has 40 heavy (non-hydrogen) atoms. The summed E-state index contributed by atoms with van der Waals surface area (Å²) in [5, 5.41) is 3.99. The van der Waals surface area contributed by atoms with E-state index in [4.69, 9.17) is 18.4 Å². The van der Waals surface area contributed by atoms with Crippen LogP contribution in [0.2, 0.25) is 0 Å². The Morgan fingerprint density at radius 2 is 1.27 bits per heavy atom. The Kier molecular flexibility index (Phi) is 10.4. The van der Waals surface area contributed by atoms with E-state index in [0.717, 1.165) is 5.39 Å². The standard InChI is InChI=1S/C29H41NO9S/c1-27(2,3)37-24(31)21(17-23(25(32)38-28(4,5)6)30-26(33)39-29(7,8)9)18-36-40(34,35)22-15-14-19-12-10-11-13-20(19)16-22/h10-16,21,23H,17-18H2,1-9H3,(H,30,33)/t21-,23+/m1/s1. The molecule has 0 saturated heterocycles. The molecule has 11 heteroatoms. The van der Waals surface area contributed by atoms with Crippen LogP contribution in [0.1, 0.15) is 68.7 Å². The third kappa shape index (κ3) is 11.1. The Morgan fingerprint density at radius 3 is 1.82 bits per heavy atom. The van der Waals surface area contributed by atoms with Crippen LogP contribution in [0.5, 0.6) is 0 Å². The van der Waals surface area contributed by atoms with E-state index in [1.165, 1.54) is 12.1 Å². The number of fused-ring (bicyclic) bond motifs is 1. The minimum Gasteiger partial charge on any atom is -0.460 e. The normalized spacial score (nSPS) is 14.2. The summed E-state index contributed by atoms with van der Waals surface area (Å²) in [7, 11) is -4.29. The summed E-state index contributed by atoms with van der Waals surface area (Å²) < 4.78 is 47.7. The first-order valence-corrected chi connectivity index (χ1v) is 14.4. The van der Waals surface area contributed by atoms with E-state index in [0.29, 0.717) is 5.39 Å². The number of amides is 1. The van der Waals surface area contributed by atoms with Crippen LogP contribution in [0.3, 0.4) is 0 Å². The van der Waals surface area contributed by atoms with Crippen molar-refractivity contribution in [3.05, 3.63) is 42.5 Å². The van der Waals surface area contributed by atoms with Crippen molar-refractivity contribution in [3.8, 4) is 0 Å². The van der Waals surface area contributed by atoms with Crippen LogP contribution >= 0.6 is 0 Å². The van der Waals surface area contributed by atoms with Crippen molar-refractivity contribution < 1.29 is 41.2 Å². The van der Waals surface area contributed by atoms with E-state index in [1.54, 1.807) is 80.5 Å². The highest BCUT2D eigenvalue weighted by Crippen LogP contribution is 2.24. The number of alkyl carbamates (subject to hydrolysis) is 1. The molecule has 0 spiro atoms. The predicted octanol–water partition coefficient (Wildman–Crippen LogP) is 5.13. The molecule has 0 radical (unpaired) electrons. The number of nitrogens with one attached hydrogen (secondary N) is 1. The second-order valence-corrected chi connectivity index (χ2v) is 14.1. The molecule has 0 bridgehead atoms. The Labute approximate surface area is 236 Å². The molecule has 0 aliphatic heterocycles. The summed E-state index contributed by atoms with van der Waals surface area (Å²) in [4.78, 5) is 38.6. The maximum Gasteiger partial charge on any atom is 0.408 e. The number of carbonyl (C=O) groups is 3. The molecule has 1 N–H and O–H groups in total. The van der Waals surface area contributed by atoms with Gasteiger partial charge < -0.3 is 19.5 Å². The van der Waals surface area contributed by atoms with Crippen LogP contribution in [0.25, 0.3) is 10.8 Å². The van der Waals surface area contributed by atoms with Gasteiger partial charge >= 0.3 is 18.0 Å². The van der Waals surface area contributed by atoms with Crippen LogP contribution in [0.15, 0.2) is 47.4 Å². The molecule has 10 nitrogen and oxygen atoms in total. The summed E-state index contributed by atoms with van der Waals surface area (Å²) >= 11 is 0. The molecule has 2 aromatic carbocycles. The molecule has 0 aliphatic carbocycles. The molecule has 0 fully saturated rings. The second-order valence-electron chi connectivity index (χ2n) is 12.4. The van der Waals surface area contributed by atoms with Gasteiger partial charge in [0.25, 0.3) is 10.1 Å². The fraction of sp³-hybridized carbons (Fsp3) is 0.552. The molecule has 0 saturated carbocycles. The Hall–Kier alpha value is -3.18. The third-order valence-corrected chi connectivity index (χ3v) is 6.35. The molecule has 0 aliphatic rings. The lowest BCUT2D eigenvalue weighted by Crippen LogP contribution is -2.48. The fourth-order valence-electron chi connectivity index (χ4n) is 3.50. The number of ether oxygens (including phenoxy) is 3. The smallest absolute Gasteiger partial charge is 0.408 e. The highest BCUT2D eigenvalue weighted by Gasteiger charge is 2.36. The highest BCUT2D eigenvalue weighted by atomic mass is 32.2. The largest absolute Gasteiger partial charge is 0.460 e. The lowest BCUT2D eigenvalue weighted by atomic mass is 10.00. The first-order valence-electron chi connectivity index (χ1n) is 13.0. The average Bonchev–Trinajstić information content (AvgIpc) is 2.77. The van der Waals surface area contributed by atoms with Gasteiger partial charge in [-0.05, 0) is 91.6 Å². The SMILES string of the molecule is CC(C)(C)OC(=O)N[C@@H](C[C@H](COS(=O)(=O)c1ccc2ccccc2c1)C(=O)OC(C)(C)C)C(=O)OC(C)(C)C.